The molecule has 0 radical (unpaired) electrons. The summed E-state index contributed by atoms with van der Waals surface area (Å²) in [7, 11) is 1.71. The third-order valence-corrected chi connectivity index (χ3v) is 7.66. The van der Waals surface area contributed by atoms with Crippen LogP contribution in [0.25, 0.3) is 0 Å². The van der Waals surface area contributed by atoms with Crippen LogP contribution in [-0.2, 0) is 25.9 Å². The maximum absolute atomic E-state index is 6.48. The monoisotopic (exact) mass is 540 g/mol. The summed E-state index contributed by atoms with van der Waals surface area (Å²) in [6.07, 6.45) is 3.55. The first-order valence-electron chi connectivity index (χ1n) is 13.5. The van der Waals surface area contributed by atoms with Crippen LogP contribution >= 0.6 is 11.6 Å². The molecule has 1 aromatic heterocycles. The number of rotatable bonds is 5. The van der Waals surface area contributed by atoms with E-state index in [-0.39, 0.29) is 0 Å². The number of piperazine rings is 1. The third-order valence-electron chi connectivity index (χ3n) is 7.38. The van der Waals surface area contributed by atoms with Crippen molar-refractivity contribution < 1.29 is 4.74 Å². The summed E-state index contributed by atoms with van der Waals surface area (Å²) in [5.41, 5.74) is 7.17. The Balaban J connectivity index is 1.17. The van der Waals surface area contributed by atoms with Crippen LogP contribution in [0.4, 0.5) is 23.1 Å². The predicted molar refractivity (Wildman–Crippen MR) is 157 cm³/mol. The number of fused-ring (bicyclic) bond motifs is 6. The molecule has 6 rings (SSSR count). The van der Waals surface area contributed by atoms with Crippen molar-refractivity contribution in [2.24, 2.45) is 0 Å². The number of aromatic nitrogens is 2. The SMILES string of the molecule is COc1ccc(CN2CCN(Cc3cc4cc(c3)Nc3nc(ncc3Cl)Nc3cccc(c3)CC4)CC2)cc1. The van der Waals surface area contributed by atoms with Gasteiger partial charge in [0.2, 0.25) is 5.95 Å². The zero-order valence-corrected chi connectivity index (χ0v) is 22.9. The van der Waals surface area contributed by atoms with Gasteiger partial charge in [-0.25, -0.2) is 4.98 Å². The van der Waals surface area contributed by atoms with Gasteiger partial charge in [0.1, 0.15) is 10.8 Å². The largest absolute Gasteiger partial charge is 0.497 e. The molecule has 3 aromatic carbocycles. The summed E-state index contributed by atoms with van der Waals surface area (Å²) < 4.78 is 5.29. The van der Waals surface area contributed by atoms with Crippen molar-refractivity contribution in [1.29, 1.82) is 0 Å². The molecule has 0 saturated carbocycles. The lowest BCUT2D eigenvalue weighted by molar-refractivity contribution is 0.122. The lowest BCUT2D eigenvalue weighted by atomic mass is 10.0. The Morgan fingerprint density at radius 3 is 2.28 bits per heavy atom. The first-order chi connectivity index (χ1) is 19.1. The van der Waals surface area contributed by atoms with Crippen LogP contribution in [0, 0.1) is 0 Å². The molecular formula is C31H33ClN6O. The summed E-state index contributed by atoms with van der Waals surface area (Å²) in [4.78, 5) is 14.1. The van der Waals surface area contributed by atoms with E-state index in [0.29, 0.717) is 16.8 Å². The van der Waals surface area contributed by atoms with Gasteiger partial charge in [0.05, 0.1) is 13.3 Å². The molecule has 4 aromatic rings. The van der Waals surface area contributed by atoms with E-state index in [1.165, 1.54) is 22.3 Å². The van der Waals surface area contributed by atoms with Crippen molar-refractivity contribution in [3.05, 3.63) is 100 Å². The Labute approximate surface area is 234 Å². The van der Waals surface area contributed by atoms with Crippen molar-refractivity contribution in [2.45, 2.75) is 25.9 Å². The molecule has 200 valence electrons. The Morgan fingerprint density at radius 2 is 1.51 bits per heavy atom. The second kappa shape index (κ2) is 11.6. The highest BCUT2D eigenvalue weighted by Crippen LogP contribution is 2.28. The van der Waals surface area contributed by atoms with E-state index in [9.17, 15) is 0 Å². The normalized spacial score (nSPS) is 15.7. The van der Waals surface area contributed by atoms with Gasteiger partial charge in [0.15, 0.2) is 5.82 Å². The minimum absolute atomic E-state index is 0.490. The number of anilines is 4. The zero-order valence-electron chi connectivity index (χ0n) is 22.2. The molecule has 3 heterocycles. The van der Waals surface area contributed by atoms with Gasteiger partial charge in [0.25, 0.3) is 0 Å². The highest BCUT2D eigenvalue weighted by atomic mass is 35.5. The molecule has 0 spiro atoms. The number of aryl methyl sites for hydroxylation is 2. The number of hydrogen-bond donors (Lipinski definition) is 2. The topological polar surface area (TPSA) is 65.5 Å². The van der Waals surface area contributed by atoms with E-state index in [4.69, 9.17) is 16.3 Å². The third kappa shape index (κ3) is 6.50. The molecule has 7 nitrogen and oxygen atoms in total. The summed E-state index contributed by atoms with van der Waals surface area (Å²) in [6, 6.07) is 23.6. The smallest absolute Gasteiger partial charge is 0.229 e. The van der Waals surface area contributed by atoms with Gasteiger partial charge in [0, 0.05) is 50.6 Å². The summed E-state index contributed by atoms with van der Waals surface area (Å²) in [5, 5.41) is 7.26. The van der Waals surface area contributed by atoms with E-state index >= 15 is 0 Å². The Morgan fingerprint density at radius 1 is 0.795 bits per heavy atom. The van der Waals surface area contributed by atoms with Gasteiger partial charge in [-0.3, -0.25) is 9.80 Å². The number of methoxy groups -OCH3 is 1. The van der Waals surface area contributed by atoms with Crippen LogP contribution < -0.4 is 15.4 Å². The van der Waals surface area contributed by atoms with Gasteiger partial charge in [-0.1, -0.05) is 41.9 Å². The second-order valence-electron chi connectivity index (χ2n) is 10.3. The Hall–Kier alpha value is -3.65. The maximum atomic E-state index is 6.48. The van der Waals surface area contributed by atoms with Crippen molar-refractivity contribution in [3.63, 3.8) is 0 Å². The van der Waals surface area contributed by atoms with E-state index in [0.717, 1.165) is 69.2 Å². The number of benzene rings is 3. The van der Waals surface area contributed by atoms with Crippen molar-refractivity contribution >= 4 is 34.7 Å². The molecule has 2 N–H and O–H groups in total. The van der Waals surface area contributed by atoms with Gasteiger partial charge in [-0.15, -0.1) is 0 Å². The first kappa shape index (κ1) is 25.6. The average molecular weight is 541 g/mol. The predicted octanol–water partition coefficient (Wildman–Crippen LogP) is 6.04. The fourth-order valence-corrected chi connectivity index (χ4v) is 5.44. The minimum atomic E-state index is 0.490. The van der Waals surface area contributed by atoms with Gasteiger partial charge in [-0.05, 0) is 71.5 Å². The zero-order chi connectivity index (χ0) is 26.6. The van der Waals surface area contributed by atoms with Crippen molar-refractivity contribution in [2.75, 3.05) is 43.9 Å². The number of nitrogens with zero attached hydrogens (tertiary/aromatic N) is 4. The van der Waals surface area contributed by atoms with E-state index in [1.54, 1.807) is 13.3 Å². The fourth-order valence-electron chi connectivity index (χ4n) is 5.30. The van der Waals surface area contributed by atoms with Crippen molar-refractivity contribution in [1.82, 2.24) is 19.8 Å². The second-order valence-corrected chi connectivity index (χ2v) is 10.7. The van der Waals surface area contributed by atoms with Crippen LogP contribution in [-0.4, -0.2) is 53.1 Å². The number of halogens is 1. The standard InChI is InChI=1S/C31H33ClN6O/c1-39-28-9-7-23(8-10-28)20-37-11-13-38(14-12-37)21-25-15-24-6-5-22-3-2-4-26(16-22)35-31-33-19-29(32)30(36-31)34-27(17-24)18-25/h2-4,7-10,15-19H,5-6,11-14,20-21H2,1H3,(H2,33,34,35,36). The van der Waals surface area contributed by atoms with Crippen molar-refractivity contribution in [3.8, 4) is 5.75 Å². The van der Waals surface area contributed by atoms with Gasteiger partial charge in [-0.2, -0.15) is 4.98 Å². The number of ether oxygens (including phenoxy) is 1. The molecule has 0 amide bonds. The van der Waals surface area contributed by atoms with Crippen LogP contribution in [0.3, 0.4) is 0 Å². The van der Waals surface area contributed by atoms with E-state index in [1.807, 2.05) is 18.2 Å². The van der Waals surface area contributed by atoms with Gasteiger partial charge < -0.3 is 15.4 Å². The van der Waals surface area contributed by atoms with E-state index in [2.05, 4.69) is 78.9 Å². The van der Waals surface area contributed by atoms with Crippen LogP contribution in [0.5, 0.6) is 5.75 Å². The molecular weight excluding hydrogens is 508 g/mol. The molecule has 1 saturated heterocycles. The first-order valence-corrected chi connectivity index (χ1v) is 13.8. The number of hydrogen-bond acceptors (Lipinski definition) is 7. The van der Waals surface area contributed by atoms with Crippen LogP contribution in [0.15, 0.2) is 72.9 Å². The summed E-state index contributed by atoms with van der Waals surface area (Å²) in [6.45, 7) is 6.09. The molecule has 2 aliphatic rings. The van der Waals surface area contributed by atoms with E-state index < -0.39 is 0 Å². The summed E-state index contributed by atoms with van der Waals surface area (Å²) in [5.74, 6) is 2.02. The summed E-state index contributed by atoms with van der Waals surface area (Å²) >= 11 is 6.48. The van der Waals surface area contributed by atoms with Crippen LogP contribution in [0.2, 0.25) is 5.02 Å². The fraction of sp³-hybridized carbons (Fsp3) is 0.290. The minimum Gasteiger partial charge on any atom is -0.497 e. The molecule has 2 aliphatic heterocycles. The van der Waals surface area contributed by atoms with Gasteiger partial charge >= 0.3 is 0 Å². The Bertz CT molecular complexity index is 1440. The molecule has 1 fully saturated rings. The highest BCUT2D eigenvalue weighted by molar-refractivity contribution is 6.32. The molecule has 0 unspecified atom stereocenters. The molecule has 39 heavy (non-hydrogen) atoms. The number of nitrogens with one attached hydrogen (secondary N) is 2. The molecule has 6 bridgehead atoms. The lowest BCUT2D eigenvalue weighted by Crippen LogP contribution is -2.45. The quantitative estimate of drug-likeness (QED) is 0.320. The average Bonchev–Trinajstić information content (AvgIpc) is 2.95. The van der Waals surface area contributed by atoms with Crippen LogP contribution in [0.1, 0.15) is 22.3 Å². The molecule has 8 heteroatoms. The highest BCUT2D eigenvalue weighted by Gasteiger charge is 2.18. The lowest BCUT2D eigenvalue weighted by Gasteiger charge is -2.35. The molecule has 0 atom stereocenters. The molecule has 0 aliphatic carbocycles. The Kier molecular flexibility index (Phi) is 7.63. The maximum Gasteiger partial charge on any atom is 0.229 e.